The van der Waals surface area contributed by atoms with Crippen LogP contribution < -0.4 is 15.4 Å². The molecule has 4 rings (SSSR count). The third-order valence-corrected chi connectivity index (χ3v) is 3.87. The van der Waals surface area contributed by atoms with Crippen molar-refractivity contribution in [3.63, 3.8) is 0 Å². The predicted molar refractivity (Wildman–Crippen MR) is 103 cm³/mol. The van der Waals surface area contributed by atoms with Crippen LogP contribution in [0.4, 0.5) is 23.1 Å². The van der Waals surface area contributed by atoms with Gasteiger partial charge in [0.25, 0.3) is 0 Å². The van der Waals surface area contributed by atoms with E-state index in [-0.39, 0.29) is 0 Å². The molecule has 0 atom stereocenters. The molecule has 6 nitrogen and oxygen atoms in total. The number of hydrogen-bond acceptors (Lipinski definition) is 6. The smallest absolute Gasteiger partial charge is 0.229 e. The molecule has 0 aliphatic heterocycles. The highest BCUT2D eigenvalue weighted by Crippen LogP contribution is 2.26. The van der Waals surface area contributed by atoms with Gasteiger partial charge < -0.3 is 15.4 Å². The van der Waals surface area contributed by atoms with Crippen molar-refractivity contribution in [1.29, 1.82) is 0 Å². The van der Waals surface area contributed by atoms with Gasteiger partial charge in [0.2, 0.25) is 5.95 Å². The maximum absolute atomic E-state index is 5.34. The van der Waals surface area contributed by atoms with Crippen LogP contribution in [0.1, 0.15) is 0 Å². The Bertz CT molecular complexity index is 1050. The maximum atomic E-state index is 5.34. The molecule has 0 spiro atoms. The number of aromatic nitrogens is 3. The van der Waals surface area contributed by atoms with Crippen molar-refractivity contribution >= 4 is 34.0 Å². The summed E-state index contributed by atoms with van der Waals surface area (Å²) in [6, 6.07) is 19.5. The van der Waals surface area contributed by atoms with Gasteiger partial charge in [-0.15, -0.1) is 0 Å². The lowest BCUT2D eigenvalue weighted by atomic mass is 10.2. The summed E-state index contributed by atoms with van der Waals surface area (Å²) in [5, 5.41) is 7.51. The Balaban J connectivity index is 1.57. The summed E-state index contributed by atoms with van der Waals surface area (Å²) < 4.78 is 5.34. The van der Waals surface area contributed by atoms with Crippen LogP contribution in [0.5, 0.6) is 5.75 Å². The van der Waals surface area contributed by atoms with Crippen LogP contribution in [0, 0.1) is 0 Å². The highest BCUT2D eigenvalue weighted by atomic mass is 16.5. The minimum absolute atomic E-state index is 0.480. The zero-order valence-electron chi connectivity index (χ0n) is 14.2. The number of para-hydroxylation sites is 3. The van der Waals surface area contributed by atoms with Crippen molar-refractivity contribution in [2.24, 2.45) is 0 Å². The van der Waals surface area contributed by atoms with Gasteiger partial charge in [0, 0.05) is 11.6 Å². The minimum Gasteiger partial charge on any atom is -0.495 e. The number of ether oxygens (including phenoxy) is 1. The second kappa shape index (κ2) is 7.06. The van der Waals surface area contributed by atoms with Crippen LogP contribution in [0.15, 0.2) is 73.1 Å². The maximum Gasteiger partial charge on any atom is 0.229 e. The molecule has 0 unspecified atom stereocenters. The van der Waals surface area contributed by atoms with Crippen LogP contribution in [0.3, 0.4) is 0 Å². The topological polar surface area (TPSA) is 72.0 Å². The molecule has 0 fully saturated rings. The summed E-state index contributed by atoms with van der Waals surface area (Å²) in [6.07, 6.45) is 3.49. The van der Waals surface area contributed by atoms with E-state index in [0.717, 1.165) is 28.0 Å². The number of nitrogens with one attached hydrogen (secondary N) is 2. The molecule has 2 heterocycles. The molecule has 0 bridgehead atoms. The van der Waals surface area contributed by atoms with Gasteiger partial charge in [-0.2, -0.15) is 4.98 Å². The summed E-state index contributed by atoms with van der Waals surface area (Å²) >= 11 is 0. The molecule has 0 radical (unpaired) electrons. The fourth-order valence-corrected chi connectivity index (χ4v) is 2.64. The normalized spacial score (nSPS) is 10.5. The van der Waals surface area contributed by atoms with E-state index < -0.39 is 0 Å². The SMILES string of the molecule is COc1ccccc1Nc1nccc(Nc2cnc3ccccc3c2)n1. The molecule has 0 aliphatic carbocycles. The molecule has 2 aromatic carbocycles. The first-order valence-corrected chi connectivity index (χ1v) is 8.17. The molecule has 2 N–H and O–H groups in total. The average Bonchev–Trinajstić information content (AvgIpc) is 2.69. The second-order valence-electron chi connectivity index (χ2n) is 5.63. The average molecular weight is 343 g/mol. The van der Waals surface area contributed by atoms with E-state index in [1.807, 2.05) is 60.7 Å². The van der Waals surface area contributed by atoms with Crippen molar-refractivity contribution < 1.29 is 4.74 Å². The molecule has 26 heavy (non-hydrogen) atoms. The van der Waals surface area contributed by atoms with Crippen LogP contribution in [0.2, 0.25) is 0 Å². The van der Waals surface area contributed by atoms with Gasteiger partial charge in [-0.1, -0.05) is 30.3 Å². The quantitative estimate of drug-likeness (QED) is 0.555. The Kier molecular flexibility index (Phi) is 4.30. The van der Waals surface area contributed by atoms with Crippen LogP contribution in [0.25, 0.3) is 10.9 Å². The molecule has 0 amide bonds. The number of rotatable bonds is 5. The third-order valence-electron chi connectivity index (χ3n) is 3.87. The first kappa shape index (κ1) is 15.8. The molecule has 128 valence electrons. The van der Waals surface area contributed by atoms with Gasteiger partial charge in [0.05, 0.1) is 30.2 Å². The number of hydrogen-bond donors (Lipinski definition) is 2. The molecule has 2 aromatic heterocycles. The minimum atomic E-state index is 0.480. The first-order valence-electron chi connectivity index (χ1n) is 8.17. The van der Waals surface area contributed by atoms with Gasteiger partial charge in [0.1, 0.15) is 11.6 Å². The molecule has 0 saturated carbocycles. The Morgan fingerprint density at radius 2 is 1.73 bits per heavy atom. The standard InChI is InChI=1S/C20H17N5O/c1-26-18-9-5-4-8-17(18)24-20-21-11-10-19(25-20)23-15-12-14-6-2-3-7-16(14)22-13-15/h2-13H,1H3,(H2,21,23,24,25). The molecular weight excluding hydrogens is 326 g/mol. The summed E-state index contributed by atoms with van der Waals surface area (Å²) in [7, 11) is 1.63. The molecule has 6 heteroatoms. The lowest BCUT2D eigenvalue weighted by Gasteiger charge is -2.11. The highest BCUT2D eigenvalue weighted by molar-refractivity contribution is 5.82. The van der Waals surface area contributed by atoms with Crippen molar-refractivity contribution in [2.45, 2.75) is 0 Å². The number of benzene rings is 2. The lowest BCUT2D eigenvalue weighted by molar-refractivity contribution is 0.417. The summed E-state index contributed by atoms with van der Waals surface area (Å²) in [6.45, 7) is 0. The van der Waals surface area contributed by atoms with Gasteiger partial charge >= 0.3 is 0 Å². The van der Waals surface area contributed by atoms with E-state index in [9.17, 15) is 0 Å². The van der Waals surface area contributed by atoms with Crippen LogP contribution in [-0.4, -0.2) is 22.1 Å². The van der Waals surface area contributed by atoms with Gasteiger partial charge in [-0.25, -0.2) is 4.98 Å². The summed E-state index contributed by atoms with van der Waals surface area (Å²) in [4.78, 5) is 13.2. The fourth-order valence-electron chi connectivity index (χ4n) is 2.64. The van der Waals surface area contributed by atoms with Crippen LogP contribution in [-0.2, 0) is 0 Å². The Hall–Kier alpha value is -3.67. The van der Waals surface area contributed by atoms with E-state index in [0.29, 0.717) is 11.8 Å². The predicted octanol–water partition coefficient (Wildman–Crippen LogP) is 4.52. The van der Waals surface area contributed by atoms with Gasteiger partial charge in [-0.3, -0.25) is 4.98 Å². The van der Waals surface area contributed by atoms with E-state index in [4.69, 9.17) is 4.74 Å². The Morgan fingerprint density at radius 3 is 2.65 bits per heavy atom. The molecular formula is C20H17N5O. The number of pyridine rings is 1. The number of anilines is 4. The Labute approximate surface area is 150 Å². The molecule has 0 saturated heterocycles. The number of nitrogens with zero attached hydrogens (tertiary/aromatic N) is 3. The highest BCUT2D eigenvalue weighted by Gasteiger charge is 2.05. The summed E-state index contributed by atoms with van der Waals surface area (Å²) in [5.41, 5.74) is 2.63. The second-order valence-corrected chi connectivity index (χ2v) is 5.63. The monoisotopic (exact) mass is 343 g/mol. The van der Waals surface area contributed by atoms with Crippen molar-refractivity contribution in [1.82, 2.24) is 15.0 Å². The van der Waals surface area contributed by atoms with E-state index >= 15 is 0 Å². The number of methoxy groups -OCH3 is 1. The number of fused-ring (bicyclic) bond motifs is 1. The van der Waals surface area contributed by atoms with E-state index in [1.165, 1.54) is 0 Å². The lowest BCUT2D eigenvalue weighted by Crippen LogP contribution is -2.01. The summed E-state index contributed by atoms with van der Waals surface area (Å²) in [5.74, 6) is 1.89. The zero-order valence-corrected chi connectivity index (χ0v) is 14.2. The van der Waals surface area contributed by atoms with E-state index in [2.05, 4.69) is 25.6 Å². The van der Waals surface area contributed by atoms with Crippen LogP contribution >= 0.6 is 0 Å². The van der Waals surface area contributed by atoms with Crippen molar-refractivity contribution in [3.05, 3.63) is 73.1 Å². The fraction of sp³-hybridized carbons (Fsp3) is 0.0500. The largest absolute Gasteiger partial charge is 0.495 e. The van der Waals surface area contributed by atoms with Crippen molar-refractivity contribution in [3.8, 4) is 5.75 Å². The Morgan fingerprint density at radius 1 is 0.885 bits per heavy atom. The van der Waals surface area contributed by atoms with Crippen molar-refractivity contribution in [2.75, 3.05) is 17.7 Å². The zero-order chi connectivity index (χ0) is 17.8. The molecule has 0 aliphatic rings. The van der Waals surface area contributed by atoms with E-state index in [1.54, 1.807) is 19.5 Å². The third kappa shape index (κ3) is 3.39. The van der Waals surface area contributed by atoms with Gasteiger partial charge in [0.15, 0.2) is 0 Å². The molecule has 4 aromatic rings. The first-order chi connectivity index (χ1) is 12.8. The van der Waals surface area contributed by atoms with Gasteiger partial charge in [-0.05, 0) is 30.3 Å².